The number of pyridine rings is 1. The molecule has 0 N–H and O–H groups in total. The van der Waals surface area contributed by atoms with E-state index in [-0.39, 0.29) is 11.7 Å². The number of rotatable bonds is 4. The lowest BCUT2D eigenvalue weighted by atomic mass is 9.48. The van der Waals surface area contributed by atoms with Gasteiger partial charge in [0.25, 0.3) is 0 Å². The van der Waals surface area contributed by atoms with Crippen molar-refractivity contribution < 1.29 is 13.9 Å². The lowest BCUT2D eigenvalue weighted by Gasteiger charge is -2.57. The Bertz CT molecular complexity index is 1380. The summed E-state index contributed by atoms with van der Waals surface area (Å²) in [6.45, 7) is 1.26. The van der Waals surface area contributed by atoms with Crippen LogP contribution in [0.25, 0.3) is 33.8 Å². The van der Waals surface area contributed by atoms with Crippen LogP contribution < -0.4 is 0 Å². The highest BCUT2D eigenvalue weighted by atomic mass is 16.7. The summed E-state index contributed by atoms with van der Waals surface area (Å²) >= 11 is 0. The molecule has 1 aliphatic heterocycles. The first kappa shape index (κ1) is 21.1. The first-order chi connectivity index (χ1) is 17.7. The zero-order valence-electron chi connectivity index (χ0n) is 20.4. The van der Waals surface area contributed by atoms with E-state index < -0.39 is 0 Å². The molecule has 5 aliphatic rings. The van der Waals surface area contributed by atoms with Gasteiger partial charge in [-0.25, -0.2) is 4.98 Å². The van der Waals surface area contributed by atoms with Gasteiger partial charge in [0.05, 0.1) is 18.9 Å². The van der Waals surface area contributed by atoms with Crippen molar-refractivity contribution in [2.45, 2.75) is 50.2 Å². The third kappa shape index (κ3) is 3.36. The van der Waals surface area contributed by atoms with Crippen LogP contribution in [-0.2, 0) is 14.9 Å². The van der Waals surface area contributed by atoms with E-state index in [4.69, 9.17) is 23.9 Å². The zero-order valence-corrected chi connectivity index (χ0v) is 20.4. The van der Waals surface area contributed by atoms with Crippen molar-refractivity contribution in [2.24, 2.45) is 17.8 Å². The minimum Gasteiger partial charge on any atom is -0.436 e. The van der Waals surface area contributed by atoms with Crippen LogP contribution in [0.15, 0.2) is 65.2 Å². The van der Waals surface area contributed by atoms with Crippen molar-refractivity contribution in [1.82, 2.24) is 9.97 Å². The highest BCUT2D eigenvalue weighted by molar-refractivity contribution is 5.86. The second-order valence-corrected chi connectivity index (χ2v) is 11.5. The van der Waals surface area contributed by atoms with Gasteiger partial charge in [-0.1, -0.05) is 24.3 Å². The summed E-state index contributed by atoms with van der Waals surface area (Å²) in [7, 11) is 0. The maximum absolute atomic E-state index is 6.59. The Morgan fingerprint density at radius 2 is 1.50 bits per heavy atom. The summed E-state index contributed by atoms with van der Waals surface area (Å²) in [5, 5.41) is 0. The Balaban J connectivity index is 1.27. The number of oxazole rings is 1. The quantitative estimate of drug-likeness (QED) is 0.314. The Morgan fingerprint density at radius 3 is 2.17 bits per heavy atom. The van der Waals surface area contributed by atoms with Gasteiger partial charge in [-0.05, 0) is 92.0 Å². The van der Waals surface area contributed by atoms with E-state index in [9.17, 15) is 0 Å². The largest absolute Gasteiger partial charge is 0.436 e. The smallest absolute Gasteiger partial charge is 0.227 e. The van der Waals surface area contributed by atoms with Crippen LogP contribution in [0.5, 0.6) is 0 Å². The second kappa shape index (κ2) is 7.99. The summed E-state index contributed by atoms with van der Waals surface area (Å²) in [5.74, 6) is 3.27. The van der Waals surface area contributed by atoms with Gasteiger partial charge in [-0.2, -0.15) is 0 Å². The molecular weight excluding hydrogens is 448 g/mol. The molecule has 2 aromatic carbocycles. The Hall–Kier alpha value is -3.02. The molecular formula is C31H30N2O3. The van der Waals surface area contributed by atoms with Gasteiger partial charge in [0.15, 0.2) is 11.9 Å². The number of hydrogen-bond acceptors (Lipinski definition) is 5. The van der Waals surface area contributed by atoms with E-state index >= 15 is 0 Å². The highest BCUT2D eigenvalue weighted by Crippen LogP contribution is 2.61. The predicted molar refractivity (Wildman–Crippen MR) is 137 cm³/mol. The number of ether oxygens (including phenoxy) is 2. The maximum atomic E-state index is 6.59. The Labute approximate surface area is 210 Å². The monoisotopic (exact) mass is 478 g/mol. The van der Waals surface area contributed by atoms with E-state index in [0.29, 0.717) is 19.1 Å². The fourth-order valence-corrected chi connectivity index (χ4v) is 7.99. The van der Waals surface area contributed by atoms with Crippen LogP contribution in [0.4, 0.5) is 0 Å². The van der Waals surface area contributed by atoms with Crippen LogP contribution in [-0.4, -0.2) is 23.2 Å². The molecule has 0 unspecified atom stereocenters. The van der Waals surface area contributed by atoms with E-state index in [1.165, 1.54) is 44.1 Å². The summed E-state index contributed by atoms with van der Waals surface area (Å²) < 4.78 is 17.9. The average Bonchev–Trinajstić information content (AvgIpc) is 3.58. The molecule has 5 heteroatoms. The number of aromatic nitrogens is 2. The van der Waals surface area contributed by atoms with Crippen LogP contribution in [0.1, 0.15) is 55.9 Å². The van der Waals surface area contributed by atoms with Crippen molar-refractivity contribution in [2.75, 3.05) is 13.2 Å². The molecule has 4 aromatic rings. The molecule has 4 bridgehead atoms. The van der Waals surface area contributed by atoms with Gasteiger partial charge in [0, 0.05) is 28.5 Å². The van der Waals surface area contributed by atoms with Crippen molar-refractivity contribution in [1.29, 1.82) is 0 Å². The van der Waals surface area contributed by atoms with E-state index in [0.717, 1.165) is 51.2 Å². The van der Waals surface area contributed by atoms with Crippen molar-refractivity contribution in [3.8, 4) is 22.7 Å². The summed E-state index contributed by atoms with van der Waals surface area (Å²) in [4.78, 5) is 9.84. The van der Waals surface area contributed by atoms with E-state index in [2.05, 4.69) is 36.4 Å². The third-order valence-corrected chi connectivity index (χ3v) is 9.10. The van der Waals surface area contributed by atoms with Crippen LogP contribution in [0.3, 0.4) is 0 Å². The lowest BCUT2D eigenvalue weighted by Crippen LogP contribution is -2.48. The average molecular weight is 479 g/mol. The lowest BCUT2D eigenvalue weighted by molar-refractivity contribution is -0.0443. The number of hydrogen-bond donors (Lipinski definition) is 0. The molecule has 0 spiro atoms. The van der Waals surface area contributed by atoms with Gasteiger partial charge >= 0.3 is 0 Å². The van der Waals surface area contributed by atoms with Gasteiger partial charge in [0.1, 0.15) is 5.52 Å². The fraction of sp³-hybridized carbons (Fsp3) is 0.419. The number of nitrogens with zero attached hydrogens (tertiary/aromatic N) is 2. The molecule has 2 aromatic heterocycles. The van der Waals surface area contributed by atoms with Crippen LogP contribution >= 0.6 is 0 Å². The second-order valence-electron chi connectivity index (χ2n) is 11.5. The van der Waals surface area contributed by atoms with E-state index in [1.807, 2.05) is 24.4 Å². The topological polar surface area (TPSA) is 57.4 Å². The molecule has 0 radical (unpaired) electrons. The summed E-state index contributed by atoms with van der Waals surface area (Å²) in [6, 6.07) is 18.9. The SMILES string of the molecule is c1ccc(-c2nc3cc(-c4ccc(C5OCCO5)cn4)cc(C45CC6CC(CC(C6)C4)C5)c3o2)cc1. The molecule has 0 atom stereocenters. The van der Waals surface area contributed by atoms with Gasteiger partial charge in [-0.3, -0.25) is 4.98 Å². The molecule has 9 rings (SSSR count). The molecule has 5 fully saturated rings. The Kier molecular flexibility index (Phi) is 4.68. The molecule has 0 amide bonds. The minimum atomic E-state index is -0.305. The normalized spacial score (nSPS) is 29.4. The fourth-order valence-electron chi connectivity index (χ4n) is 7.99. The van der Waals surface area contributed by atoms with Crippen LogP contribution in [0, 0.1) is 17.8 Å². The van der Waals surface area contributed by atoms with Crippen molar-refractivity contribution in [3.05, 3.63) is 71.9 Å². The van der Waals surface area contributed by atoms with Crippen LogP contribution in [0.2, 0.25) is 0 Å². The van der Waals surface area contributed by atoms with Gasteiger partial charge < -0.3 is 13.9 Å². The van der Waals surface area contributed by atoms with Crippen molar-refractivity contribution in [3.63, 3.8) is 0 Å². The van der Waals surface area contributed by atoms with Gasteiger partial charge in [-0.15, -0.1) is 0 Å². The summed E-state index contributed by atoms with van der Waals surface area (Å²) in [6.07, 6.45) is 9.68. The first-order valence-electron chi connectivity index (χ1n) is 13.4. The standard InChI is InChI=1S/C31H30N2O3/c1-2-4-22(5-3-1)29-33-27-14-24(26-7-6-23(18-32-26)30-34-8-9-35-30)13-25(28(27)36-29)31-15-19-10-20(16-31)12-21(11-19)17-31/h1-7,13-14,18-21,30H,8-12,15-17H2. The third-order valence-electron chi connectivity index (χ3n) is 9.10. The van der Waals surface area contributed by atoms with E-state index in [1.54, 1.807) is 0 Å². The minimum absolute atomic E-state index is 0.196. The van der Waals surface area contributed by atoms with Gasteiger partial charge in [0.2, 0.25) is 5.89 Å². The maximum Gasteiger partial charge on any atom is 0.227 e. The first-order valence-corrected chi connectivity index (χ1v) is 13.4. The van der Waals surface area contributed by atoms with Crippen molar-refractivity contribution >= 4 is 11.1 Å². The molecule has 5 nitrogen and oxygen atoms in total. The molecule has 4 aliphatic carbocycles. The molecule has 182 valence electrons. The summed E-state index contributed by atoms with van der Waals surface area (Å²) in [5.41, 5.74) is 7.51. The highest BCUT2D eigenvalue weighted by Gasteiger charge is 2.52. The predicted octanol–water partition coefficient (Wildman–Crippen LogP) is 7.07. The molecule has 4 saturated carbocycles. The number of fused-ring (bicyclic) bond motifs is 1. The Morgan fingerprint density at radius 1 is 0.778 bits per heavy atom. The molecule has 36 heavy (non-hydrogen) atoms. The molecule has 3 heterocycles. The number of benzene rings is 2. The molecule has 1 saturated heterocycles. The zero-order chi connectivity index (χ0) is 23.7.